The number of amides is 2. The van der Waals surface area contributed by atoms with Gasteiger partial charge in [-0.2, -0.15) is 16.7 Å². The molecule has 0 saturated carbocycles. The number of nitrogen functional groups attached to an aromatic ring is 1. The van der Waals surface area contributed by atoms with E-state index in [0.717, 1.165) is 0 Å². The van der Waals surface area contributed by atoms with E-state index in [4.69, 9.17) is 19.5 Å². The SMILES string of the molecule is CSCC[C@H](NC(=O)[C@H](CCOP(=O)(O)OC[C@H]1O[C@@H](n2cnc3c(=O)[nH]c(N)nc32)C[C@@H]1O)NC(=O)Cc1ccccc1)C(=O)O. The number of carboxylic acids is 1. The summed E-state index contributed by atoms with van der Waals surface area (Å²) in [6.07, 6.45) is -0.206. The van der Waals surface area contributed by atoms with Gasteiger partial charge in [0.2, 0.25) is 17.8 Å². The third-order valence-electron chi connectivity index (χ3n) is 7.11. The van der Waals surface area contributed by atoms with Crippen LogP contribution in [-0.2, 0) is 39.2 Å². The lowest BCUT2D eigenvalue weighted by Gasteiger charge is -2.22. The van der Waals surface area contributed by atoms with Crippen molar-refractivity contribution >= 4 is 54.5 Å². The Morgan fingerprint density at radius 2 is 1.96 bits per heavy atom. The Morgan fingerprint density at radius 3 is 2.66 bits per heavy atom. The molecule has 1 saturated heterocycles. The van der Waals surface area contributed by atoms with Gasteiger partial charge in [0.05, 0.1) is 32.1 Å². The van der Waals surface area contributed by atoms with Crippen LogP contribution < -0.4 is 21.9 Å². The number of thioether (sulfide) groups is 1. The number of benzene rings is 1. The quantitative estimate of drug-likeness (QED) is 0.0910. The normalized spacial score (nSPS) is 20.4. The molecule has 1 fully saturated rings. The number of rotatable bonds is 17. The molecule has 0 aliphatic carbocycles. The number of aliphatic carboxylic acids is 1. The van der Waals surface area contributed by atoms with Crippen LogP contribution in [0.25, 0.3) is 11.2 Å². The predicted molar refractivity (Wildman–Crippen MR) is 168 cm³/mol. The smallest absolute Gasteiger partial charge is 0.472 e. The van der Waals surface area contributed by atoms with Crippen LogP contribution in [0.5, 0.6) is 0 Å². The summed E-state index contributed by atoms with van der Waals surface area (Å²) in [6.45, 7) is -1.11. The molecule has 20 heteroatoms. The van der Waals surface area contributed by atoms with Crippen molar-refractivity contribution in [3.05, 3.63) is 52.6 Å². The topological polar surface area (TPSA) is 270 Å². The van der Waals surface area contributed by atoms with Crippen molar-refractivity contribution in [1.29, 1.82) is 0 Å². The van der Waals surface area contributed by atoms with Crippen molar-refractivity contribution in [3.8, 4) is 0 Å². The third-order valence-corrected chi connectivity index (χ3v) is 8.74. The van der Waals surface area contributed by atoms with Crippen LogP contribution in [0.4, 0.5) is 5.95 Å². The van der Waals surface area contributed by atoms with Crippen molar-refractivity contribution < 1.29 is 47.8 Å². The number of nitrogens with two attached hydrogens (primary N) is 1. The number of hydrogen-bond acceptors (Lipinski definition) is 13. The number of H-pyrrole nitrogens is 1. The number of aromatic nitrogens is 4. The van der Waals surface area contributed by atoms with Gasteiger partial charge in [-0.15, -0.1) is 0 Å². The largest absolute Gasteiger partial charge is 0.480 e. The van der Waals surface area contributed by atoms with Crippen LogP contribution in [0, 0.1) is 0 Å². The second kappa shape index (κ2) is 16.3. The fraction of sp³-hybridized carbons (Fsp3) is 0.481. The van der Waals surface area contributed by atoms with Crippen LogP contribution in [0.1, 0.15) is 31.1 Å². The fourth-order valence-corrected chi connectivity index (χ4v) is 5.96. The minimum absolute atomic E-state index is 0.00642. The zero-order chi connectivity index (χ0) is 34.1. The number of aliphatic hydroxyl groups excluding tert-OH is 1. The van der Waals surface area contributed by atoms with E-state index in [0.29, 0.717) is 11.3 Å². The Balaban J connectivity index is 1.33. The summed E-state index contributed by atoms with van der Waals surface area (Å²) in [5.74, 6) is -2.28. The number of aliphatic hydroxyl groups is 1. The summed E-state index contributed by atoms with van der Waals surface area (Å²) < 4.78 is 29.9. The van der Waals surface area contributed by atoms with E-state index >= 15 is 0 Å². The highest BCUT2D eigenvalue weighted by Crippen LogP contribution is 2.44. The number of nitrogens with one attached hydrogen (secondary N) is 3. The molecular weight excluding hydrogens is 661 g/mol. The van der Waals surface area contributed by atoms with E-state index in [9.17, 15) is 38.8 Å². The first-order valence-corrected chi connectivity index (χ1v) is 17.3. The maximum absolute atomic E-state index is 13.1. The number of carbonyl (C=O) groups excluding carboxylic acids is 2. The molecule has 8 N–H and O–H groups in total. The van der Waals surface area contributed by atoms with Crippen molar-refractivity contribution in [2.24, 2.45) is 0 Å². The van der Waals surface area contributed by atoms with Crippen molar-refractivity contribution in [2.75, 3.05) is 31.0 Å². The molecular formula is C27H36N7O11PS. The standard InChI is InChI=1S/C27H36N7O11PS/c1-47-10-8-17(26(39)40)31-24(37)16(30-20(36)11-15-5-3-2-4-6-15)7-9-43-46(41,42)44-13-19-18(35)12-21(45-19)34-14-29-22-23(34)32-27(28)33-25(22)38/h2-6,14,16-19,21,35H,7-13H2,1H3,(H,30,36)(H,31,37)(H,39,40)(H,41,42)(H3,28,32,33,38)/t16-,17-,18-,19+,21+/m0/s1. The van der Waals surface area contributed by atoms with Crippen LogP contribution >= 0.6 is 19.6 Å². The summed E-state index contributed by atoms with van der Waals surface area (Å²) in [5, 5.41) is 25.0. The van der Waals surface area contributed by atoms with Gasteiger partial charge in [0, 0.05) is 12.8 Å². The van der Waals surface area contributed by atoms with Crippen molar-refractivity contribution in [2.45, 2.75) is 56.2 Å². The number of hydrogen-bond donors (Lipinski definition) is 7. The first kappa shape index (κ1) is 36.0. The number of ether oxygens (including phenoxy) is 1. The number of imidazole rings is 1. The molecule has 47 heavy (non-hydrogen) atoms. The lowest BCUT2D eigenvalue weighted by Crippen LogP contribution is -2.52. The number of aromatic amines is 1. The molecule has 3 aromatic rings. The van der Waals surface area contributed by atoms with Gasteiger partial charge >= 0.3 is 13.8 Å². The highest BCUT2D eigenvalue weighted by atomic mass is 32.2. The number of phosphoric ester groups is 1. The van der Waals surface area contributed by atoms with E-state index in [-0.39, 0.29) is 42.8 Å². The maximum atomic E-state index is 13.1. The van der Waals surface area contributed by atoms with E-state index in [1.54, 1.807) is 36.6 Å². The fourth-order valence-electron chi connectivity index (χ4n) is 4.74. The summed E-state index contributed by atoms with van der Waals surface area (Å²) >= 11 is 1.40. The molecule has 1 aromatic carbocycles. The summed E-state index contributed by atoms with van der Waals surface area (Å²) in [5.41, 5.74) is 5.86. The molecule has 4 rings (SSSR count). The van der Waals surface area contributed by atoms with E-state index in [1.165, 1.54) is 22.7 Å². The van der Waals surface area contributed by atoms with Gasteiger partial charge in [-0.05, 0) is 24.0 Å². The highest BCUT2D eigenvalue weighted by Gasteiger charge is 2.38. The Kier molecular flexibility index (Phi) is 12.5. The minimum atomic E-state index is -4.76. The first-order valence-electron chi connectivity index (χ1n) is 14.4. The van der Waals surface area contributed by atoms with E-state index < -0.39 is 74.9 Å². The molecule has 0 radical (unpaired) electrons. The number of nitrogens with zero attached hydrogens (tertiary/aromatic N) is 3. The third kappa shape index (κ3) is 10.1. The van der Waals surface area contributed by atoms with Crippen LogP contribution in [0.15, 0.2) is 41.5 Å². The Bertz CT molecular complexity index is 1660. The lowest BCUT2D eigenvalue weighted by molar-refractivity contribution is -0.142. The number of phosphoric acid groups is 1. The minimum Gasteiger partial charge on any atom is -0.480 e. The van der Waals surface area contributed by atoms with Gasteiger partial charge in [0.1, 0.15) is 24.4 Å². The van der Waals surface area contributed by atoms with Gasteiger partial charge in [-0.1, -0.05) is 30.3 Å². The maximum Gasteiger partial charge on any atom is 0.472 e. The molecule has 2 amide bonds. The molecule has 256 valence electrons. The molecule has 1 unspecified atom stereocenters. The lowest BCUT2D eigenvalue weighted by atomic mass is 10.1. The van der Waals surface area contributed by atoms with Crippen molar-refractivity contribution in [3.63, 3.8) is 0 Å². The number of carboxylic acid groups (broad SMARTS) is 1. The molecule has 0 bridgehead atoms. The zero-order valence-corrected chi connectivity index (χ0v) is 26.9. The Hall–Kier alpha value is -3.84. The number of anilines is 1. The summed E-state index contributed by atoms with van der Waals surface area (Å²) in [4.78, 5) is 70.2. The van der Waals surface area contributed by atoms with Crippen LogP contribution in [0.3, 0.4) is 0 Å². The average Bonchev–Trinajstić information content (AvgIpc) is 3.61. The van der Waals surface area contributed by atoms with Gasteiger partial charge in [-0.3, -0.25) is 33.0 Å². The summed E-state index contributed by atoms with van der Waals surface area (Å²) in [7, 11) is -4.76. The van der Waals surface area contributed by atoms with E-state index in [1.807, 2.05) is 0 Å². The zero-order valence-electron chi connectivity index (χ0n) is 25.2. The molecule has 3 heterocycles. The van der Waals surface area contributed by atoms with Crippen LogP contribution in [-0.4, -0.2) is 102 Å². The number of carbonyl (C=O) groups is 3. The molecule has 2 aromatic heterocycles. The summed E-state index contributed by atoms with van der Waals surface area (Å²) in [6, 6.07) is 6.19. The molecule has 1 aliphatic heterocycles. The predicted octanol–water partition coefficient (Wildman–Crippen LogP) is -0.0761. The average molecular weight is 698 g/mol. The molecule has 18 nitrogen and oxygen atoms in total. The first-order chi connectivity index (χ1) is 22.4. The second-order valence-electron chi connectivity index (χ2n) is 10.6. The number of fused-ring (bicyclic) bond motifs is 1. The van der Waals surface area contributed by atoms with Gasteiger partial charge in [0.25, 0.3) is 5.56 Å². The van der Waals surface area contributed by atoms with Gasteiger partial charge < -0.3 is 36.2 Å². The van der Waals surface area contributed by atoms with Gasteiger partial charge in [-0.25, -0.2) is 14.3 Å². The van der Waals surface area contributed by atoms with Crippen molar-refractivity contribution in [1.82, 2.24) is 30.2 Å². The monoisotopic (exact) mass is 697 g/mol. The van der Waals surface area contributed by atoms with E-state index in [2.05, 4.69) is 25.6 Å². The Morgan fingerprint density at radius 1 is 1.21 bits per heavy atom. The Labute approximate surface area is 272 Å². The van der Waals surface area contributed by atoms with Gasteiger partial charge in [0.15, 0.2) is 11.2 Å². The molecule has 1 aliphatic rings. The molecule has 6 atom stereocenters. The highest BCUT2D eigenvalue weighted by molar-refractivity contribution is 7.98. The second-order valence-corrected chi connectivity index (χ2v) is 13.0. The molecule has 0 spiro atoms. The van der Waals surface area contributed by atoms with Crippen LogP contribution in [0.2, 0.25) is 0 Å².